The molecular formula is C11H14N2O2. The van der Waals surface area contributed by atoms with Crippen LogP contribution in [0.5, 0.6) is 0 Å². The second-order valence-corrected chi connectivity index (χ2v) is 3.99. The molecule has 0 atom stereocenters. The van der Waals surface area contributed by atoms with Gasteiger partial charge in [-0.25, -0.2) is 0 Å². The molecule has 0 saturated heterocycles. The fraction of sp³-hybridized carbons (Fsp3) is 0.545. The zero-order chi connectivity index (χ0) is 10.7. The van der Waals surface area contributed by atoms with Crippen LogP contribution in [0.3, 0.4) is 0 Å². The lowest BCUT2D eigenvalue weighted by molar-refractivity contribution is -0.136. The van der Waals surface area contributed by atoms with Gasteiger partial charge in [0, 0.05) is 18.3 Å². The smallest absolute Gasteiger partial charge is 0.309 e. The van der Waals surface area contributed by atoms with Crippen molar-refractivity contribution in [1.29, 1.82) is 0 Å². The van der Waals surface area contributed by atoms with E-state index in [0.717, 1.165) is 18.5 Å². The number of carboxylic acid groups (broad SMARTS) is 1. The topological polar surface area (TPSA) is 63.1 Å². The predicted octanol–water partition coefficient (Wildman–Crippen LogP) is 1.76. The molecule has 0 aliphatic heterocycles. The standard InChI is InChI=1S/C11H14N2O2/c14-11(15)5-9-6-12-7-10(13-9)8-3-1-2-4-8/h6-8H,1-5H2,(H,14,15). The van der Waals surface area contributed by atoms with Crippen LogP contribution >= 0.6 is 0 Å². The van der Waals surface area contributed by atoms with E-state index >= 15 is 0 Å². The molecule has 1 aliphatic rings. The summed E-state index contributed by atoms with van der Waals surface area (Å²) in [4.78, 5) is 18.9. The van der Waals surface area contributed by atoms with E-state index in [1.54, 1.807) is 6.20 Å². The maximum atomic E-state index is 10.5. The van der Waals surface area contributed by atoms with Gasteiger partial charge in [0.15, 0.2) is 0 Å². The SMILES string of the molecule is O=C(O)Cc1cncc(C2CCCC2)n1. The zero-order valence-corrected chi connectivity index (χ0v) is 8.52. The third-order valence-corrected chi connectivity index (χ3v) is 2.81. The Labute approximate surface area is 88.4 Å². The highest BCUT2D eigenvalue weighted by Crippen LogP contribution is 2.32. The van der Waals surface area contributed by atoms with E-state index in [4.69, 9.17) is 5.11 Å². The first kappa shape index (κ1) is 10.1. The third kappa shape index (κ3) is 2.52. The van der Waals surface area contributed by atoms with Crippen molar-refractivity contribution in [3.8, 4) is 0 Å². The first-order valence-electron chi connectivity index (χ1n) is 5.28. The van der Waals surface area contributed by atoms with Crippen LogP contribution in [0.1, 0.15) is 43.0 Å². The van der Waals surface area contributed by atoms with E-state index in [-0.39, 0.29) is 6.42 Å². The minimum absolute atomic E-state index is 0.0342. The molecule has 1 aliphatic carbocycles. The molecule has 4 nitrogen and oxygen atoms in total. The summed E-state index contributed by atoms with van der Waals surface area (Å²) in [5, 5.41) is 8.66. The minimum atomic E-state index is -0.854. The average molecular weight is 206 g/mol. The van der Waals surface area contributed by atoms with Gasteiger partial charge >= 0.3 is 5.97 Å². The molecule has 0 amide bonds. The van der Waals surface area contributed by atoms with Crippen molar-refractivity contribution in [2.75, 3.05) is 0 Å². The van der Waals surface area contributed by atoms with Crippen LogP contribution in [-0.4, -0.2) is 21.0 Å². The van der Waals surface area contributed by atoms with Crippen molar-refractivity contribution in [1.82, 2.24) is 9.97 Å². The Morgan fingerprint density at radius 2 is 2.13 bits per heavy atom. The summed E-state index contributed by atoms with van der Waals surface area (Å²) >= 11 is 0. The molecule has 0 aromatic carbocycles. The molecule has 1 saturated carbocycles. The van der Waals surface area contributed by atoms with E-state index < -0.39 is 5.97 Å². The van der Waals surface area contributed by atoms with E-state index in [0.29, 0.717) is 11.6 Å². The van der Waals surface area contributed by atoms with Crippen LogP contribution in [0, 0.1) is 0 Å². The molecule has 0 bridgehead atoms. The van der Waals surface area contributed by atoms with Crippen LogP contribution in [0.4, 0.5) is 0 Å². The molecular weight excluding hydrogens is 192 g/mol. The Bertz CT molecular complexity index is 359. The van der Waals surface area contributed by atoms with E-state index in [1.807, 2.05) is 0 Å². The van der Waals surface area contributed by atoms with E-state index in [9.17, 15) is 4.79 Å². The molecule has 4 heteroatoms. The van der Waals surface area contributed by atoms with Gasteiger partial charge in [-0.15, -0.1) is 0 Å². The summed E-state index contributed by atoms with van der Waals surface area (Å²) in [7, 11) is 0. The monoisotopic (exact) mass is 206 g/mol. The van der Waals surface area contributed by atoms with Crippen molar-refractivity contribution in [3.63, 3.8) is 0 Å². The number of aliphatic carboxylic acids is 1. The van der Waals surface area contributed by atoms with Gasteiger partial charge in [0.05, 0.1) is 17.8 Å². The highest BCUT2D eigenvalue weighted by atomic mass is 16.4. The number of carboxylic acids is 1. The molecule has 80 valence electrons. The Hall–Kier alpha value is -1.45. The molecule has 0 spiro atoms. The van der Waals surface area contributed by atoms with Crippen molar-refractivity contribution >= 4 is 5.97 Å². The fourth-order valence-electron chi connectivity index (χ4n) is 2.08. The first-order valence-corrected chi connectivity index (χ1v) is 5.28. The number of aromatic nitrogens is 2. The number of nitrogens with zero attached hydrogens (tertiary/aromatic N) is 2. The van der Waals surface area contributed by atoms with E-state index in [1.165, 1.54) is 19.0 Å². The lowest BCUT2D eigenvalue weighted by Gasteiger charge is -2.08. The number of rotatable bonds is 3. The molecule has 1 aromatic rings. The Balaban J connectivity index is 2.14. The van der Waals surface area contributed by atoms with Crippen LogP contribution in [0.25, 0.3) is 0 Å². The summed E-state index contributed by atoms with van der Waals surface area (Å²) in [6.45, 7) is 0. The average Bonchev–Trinajstić information content (AvgIpc) is 2.69. The van der Waals surface area contributed by atoms with Crippen molar-refractivity contribution < 1.29 is 9.90 Å². The van der Waals surface area contributed by atoms with Crippen LogP contribution in [0.2, 0.25) is 0 Å². The number of hydrogen-bond acceptors (Lipinski definition) is 3. The van der Waals surface area contributed by atoms with Gasteiger partial charge in [0.25, 0.3) is 0 Å². The second kappa shape index (κ2) is 4.38. The Kier molecular flexibility index (Phi) is 2.94. The summed E-state index contributed by atoms with van der Waals surface area (Å²) in [6, 6.07) is 0. The summed E-state index contributed by atoms with van der Waals surface area (Å²) < 4.78 is 0. The number of hydrogen-bond donors (Lipinski definition) is 1. The van der Waals surface area contributed by atoms with Crippen LogP contribution in [0.15, 0.2) is 12.4 Å². The highest BCUT2D eigenvalue weighted by molar-refractivity contribution is 5.69. The molecule has 1 heterocycles. The fourth-order valence-corrected chi connectivity index (χ4v) is 2.08. The molecule has 1 N–H and O–H groups in total. The molecule has 1 fully saturated rings. The zero-order valence-electron chi connectivity index (χ0n) is 8.52. The predicted molar refractivity (Wildman–Crippen MR) is 54.6 cm³/mol. The summed E-state index contributed by atoms with van der Waals surface area (Å²) in [6.07, 6.45) is 8.07. The Morgan fingerprint density at radius 1 is 1.40 bits per heavy atom. The lowest BCUT2D eigenvalue weighted by Crippen LogP contribution is -2.06. The summed E-state index contributed by atoms with van der Waals surface area (Å²) in [5.74, 6) is -0.362. The van der Waals surface area contributed by atoms with Gasteiger partial charge in [0.1, 0.15) is 0 Å². The quantitative estimate of drug-likeness (QED) is 0.818. The van der Waals surface area contributed by atoms with Gasteiger partial charge in [-0.1, -0.05) is 12.8 Å². The van der Waals surface area contributed by atoms with Gasteiger partial charge in [-0.2, -0.15) is 0 Å². The number of carbonyl (C=O) groups is 1. The lowest BCUT2D eigenvalue weighted by atomic mass is 10.0. The van der Waals surface area contributed by atoms with Gasteiger partial charge in [0.2, 0.25) is 0 Å². The van der Waals surface area contributed by atoms with Gasteiger partial charge < -0.3 is 5.11 Å². The molecule has 2 rings (SSSR count). The molecule has 15 heavy (non-hydrogen) atoms. The maximum Gasteiger partial charge on any atom is 0.309 e. The van der Waals surface area contributed by atoms with Gasteiger partial charge in [-0.05, 0) is 12.8 Å². The second-order valence-electron chi connectivity index (χ2n) is 3.99. The maximum absolute atomic E-state index is 10.5. The minimum Gasteiger partial charge on any atom is -0.481 e. The normalized spacial score (nSPS) is 16.8. The van der Waals surface area contributed by atoms with Crippen molar-refractivity contribution in [2.24, 2.45) is 0 Å². The van der Waals surface area contributed by atoms with Crippen LogP contribution < -0.4 is 0 Å². The molecule has 1 aromatic heterocycles. The highest BCUT2D eigenvalue weighted by Gasteiger charge is 2.19. The van der Waals surface area contributed by atoms with Gasteiger partial charge in [-0.3, -0.25) is 14.8 Å². The van der Waals surface area contributed by atoms with Crippen LogP contribution in [-0.2, 0) is 11.2 Å². The summed E-state index contributed by atoms with van der Waals surface area (Å²) in [5.41, 5.74) is 1.53. The van der Waals surface area contributed by atoms with E-state index in [2.05, 4.69) is 9.97 Å². The Morgan fingerprint density at radius 3 is 2.80 bits per heavy atom. The first-order chi connectivity index (χ1) is 7.25. The molecule has 0 radical (unpaired) electrons. The third-order valence-electron chi connectivity index (χ3n) is 2.81. The molecule has 0 unspecified atom stereocenters. The largest absolute Gasteiger partial charge is 0.481 e. The van der Waals surface area contributed by atoms with Crippen molar-refractivity contribution in [3.05, 3.63) is 23.8 Å². The van der Waals surface area contributed by atoms with Crippen molar-refractivity contribution in [2.45, 2.75) is 38.0 Å².